The molecule has 176 valence electrons. The van der Waals surface area contributed by atoms with E-state index < -0.39 is 24.0 Å². The van der Waals surface area contributed by atoms with Gasteiger partial charge in [-0.25, -0.2) is 9.67 Å². The van der Waals surface area contributed by atoms with E-state index in [4.69, 9.17) is 5.73 Å². The number of rotatable bonds is 5. The number of β-amino-alcohol motifs (C(OH)–C–C–N with tert-alkyl or cyclic N) is 1. The van der Waals surface area contributed by atoms with Crippen LogP contribution in [0.2, 0.25) is 0 Å². The summed E-state index contributed by atoms with van der Waals surface area (Å²) in [5.41, 5.74) is 7.46. The number of anilines is 1. The Hall–Kier alpha value is -3.94. The van der Waals surface area contributed by atoms with Crippen LogP contribution in [0.15, 0.2) is 36.5 Å². The van der Waals surface area contributed by atoms with Crippen LogP contribution in [0.3, 0.4) is 0 Å². The van der Waals surface area contributed by atoms with Crippen molar-refractivity contribution in [2.24, 2.45) is 5.73 Å². The van der Waals surface area contributed by atoms with E-state index in [9.17, 15) is 19.8 Å². The zero-order valence-corrected chi connectivity index (χ0v) is 19.0. The standard InChI is InChI=1S/C24H26N6O4/c1-3-28(2)24(34)20(32)8-7-15-5-4-6-16(11-15)30-19-12-21(29-10-9-17(31)14-29)26-13-18(19)22(27-30)23(25)33/h4-6,11-13,17,20,31-32H,3,9-10,14H2,1-2H3,(H2,25,33). The maximum atomic E-state index is 12.0. The summed E-state index contributed by atoms with van der Waals surface area (Å²) in [5, 5.41) is 24.9. The lowest BCUT2D eigenvalue weighted by atomic mass is 10.2. The largest absolute Gasteiger partial charge is 0.391 e. The summed E-state index contributed by atoms with van der Waals surface area (Å²) in [6.07, 6.45) is 0.395. The fourth-order valence-electron chi connectivity index (χ4n) is 3.79. The van der Waals surface area contributed by atoms with Gasteiger partial charge in [0, 0.05) is 44.5 Å². The summed E-state index contributed by atoms with van der Waals surface area (Å²) < 4.78 is 1.59. The first-order valence-electron chi connectivity index (χ1n) is 10.9. The van der Waals surface area contributed by atoms with Crippen LogP contribution in [-0.4, -0.2) is 80.6 Å². The number of nitrogens with zero attached hydrogens (tertiary/aromatic N) is 5. The minimum absolute atomic E-state index is 0.0932. The first kappa shape index (κ1) is 23.2. The molecule has 10 nitrogen and oxygen atoms in total. The van der Waals surface area contributed by atoms with E-state index >= 15 is 0 Å². The third-order valence-corrected chi connectivity index (χ3v) is 5.80. The van der Waals surface area contributed by atoms with Gasteiger partial charge in [0.15, 0.2) is 11.8 Å². The highest BCUT2D eigenvalue weighted by Crippen LogP contribution is 2.27. The van der Waals surface area contributed by atoms with Crippen LogP contribution in [0.5, 0.6) is 0 Å². The van der Waals surface area contributed by atoms with Gasteiger partial charge < -0.3 is 25.7 Å². The summed E-state index contributed by atoms with van der Waals surface area (Å²) in [4.78, 5) is 31.9. The number of hydrogen-bond donors (Lipinski definition) is 3. The number of aliphatic hydroxyl groups is 2. The molecule has 1 aromatic carbocycles. The Labute approximate surface area is 196 Å². The maximum absolute atomic E-state index is 12.0. The first-order valence-corrected chi connectivity index (χ1v) is 10.9. The quantitative estimate of drug-likeness (QED) is 0.463. The predicted molar refractivity (Wildman–Crippen MR) is 126 cm³/mol. The minimum Gasteiger partial charge on any atom is -0.391 e. The SMILES string of the molecule is CCN(C)C(=O)C(O)C#Cc1cccc(-n2nc(C(N)=O)c3cnc(N4CCC(O)C4)cc32)c1. The zero-order valence-electron chi connectivity index (χ0n) is 19.0. The summed E-state index contributed by atoms with van der Waals surface area (Å²) in [5.74, 6) is 4.92. The number of amides is 2. The van der Waals surface area contributed by atoms with Crippen molar-refractivity contribution in [3.05, 3.63) is 47.8 Å². The van der Waals surface area contributed by atoms with Gasteiger partial charge in [-0.15, -0.1) is 0 Å². The second kappa shape index (κ2) is 9.51. The number of aliphatic hydroxyl groups excluding tert-OH is 2. The number of primary amides is 1. The van der Waals surface area contributed by atoms with Gasteiger partial charge in [-0.2, -0.15) is 5.10 Å². The van der Waals surface area contributed by atoms with Gasteiger partial charge in [-0.3, -0.25) is 9.59 Å². The van der Waals surface area contributed by atoms with Gasteiger partial charge >= 0.3 is 0 Å². The van der Waals surface area contributed by atoms with E-state index in [0.717, 1.165) is 0 Å². The number of aromatic nitrogens is 3. The second-order valence-corrected chi connectivity index (χ2v) is 8.15. The van der Waals surface area contributed by atoms with Crippen LogP contribution in [0.4, 0.5) is 5.82 Å². The van der Waals surface area contributed by atoms with Crippen LogP contribution in [-0.2, 0) is 4.79 Å². The van der Waals surface area contributed by atoms with E-state index in [1.165, 1.54) is 4.90 Å². The Kier molecular flexibility index (Phi) is 6.49. The summed E-state index contributed by atoms with van der Waals surface area (Å²) in [7, 11) is 1.60. The molecule has 1 saturated heterocycles. The Bertz CT molecular complexity index is 1310. The molecule has 0 radical (unpaired) electrons. The number of benzene rings is 1. The van der Waals surface area contributed by atoms with Crippen molar-refractivity contribution < 1.29 is 19.8 Å². The van der Waals surface area contributed by atoms with E-state index in [1.807, 2.05) is 17.9 Å². The van der Waals surface area contributed by atoms with E-state index in [-0.39, 0.29) is 5.69 Å². The Morgan fingerprint density at radius 2 is 2.15 bits per heavy atom. The Morgan fingerprint density at radius 1 is 1.35 bits per heavy atom. The fraction of sp³-hybridized carbons (Fsp3) is 0.333. The minimum atomic E-state index is -1.43. The average Bonchev–Trinajstić information content (AvgIpc) is 3.45. The lowest BCUT2D eigenvalue weighted by Crippen LogP contribution is -2.35. The number of fused-ring (bicyclic) bond motifs is 1. The molecule has 1 aliphatic rings. The summed E-state index contributed by atoms with van der Waals surface area (Å²) >= 11 is 0. The first-order chi connectivity index (χ1) is 16.3. The molecule has 2 atom stereocenters. The van der Waals surface area contributed by atoms with Crippen LogP contribution >= 0.6 is 0 Å². The van der Waals surface area contributed by atoms with Crippen molar-refractivity contribution in [1.29, 1.82) is 0 Å². The third kappa shape index (κ3) is 4.57. The van der Waals surface area contributed by atoms with Crippen molar-refractivity contribution in [2.45, 2.75) is 25.6 Å². The molecule has 2 unspecified atom stereocenters. The molecule has 3 aromatic rings. The molecule has 1 aliphatic heterocycles. The number of likely N-dealkylation sites (N-methyl/N-ethyl adjacent to an activating group) is 1. The molecule has 1 fully saturated rings. The van der Waals surface area contributed by atoms with Crippen LogP contribution < -0.4 is 10.6 Å². The number of nitrogens with two attached hydrogens (primary N) is 1. The van der Waals surface area contributed by atoms with E-state index in [0.29, 0.717) is 54.0 Å². The highest BCUT2D eigenvalue weighted by atomic mass is 16.3. The second-order valence-electron chi connectivity index (χ2n) is 8.15. The molecule has 4 N–H and O–H groups in total. The molecule has 3 heterocycles. The average molecular weight is 463 g/mol. The van der Waals surface area contributed by atoms with Crippen LogP contribution in [0, 0.1) is 11.8 Å². The highest BCUT2D eigenvalue weighted by Gasteiger charge is 2.24. The molecule has 0 saturated carbocycles. The van der Waals surface area contributed by atoms with Crippen molar-refractivity contribution in [3.8, 4) is 17.5 Å². The molecule has 10 heteroatoms. The Morgan fingerprint density at radius 3 is 2.82 bits per heavy atom. The van der Waals surface area contributed by atoms with Gasteiger partial charge in [0.25, 0.3) is 11.8 Å². The Balaban J connectivity index is 1.73. The van der Waals surface area contributed by atoms with Gasteiger partial charge in [0.1, 0.15) is 5.82 Å². The molecule has 34 heavy (non-hydrogen) atoms. The highest BCUT2D eigenvalue weighted by molar-refractivity contribution is 6.04. The number of carbonyl (C=O) groups excluding carboxylic acids is 2. The van der Waals surface area contributed by atoms with Gasteiger partial charge in [0.05, 0.1) is 22.7 Å². The molecule has 0 aliphatic carbocycles. The van der Waals surface area contributed by atoms with Crippen molar-refractivity contribution >= 4 is 28.5 Å². The molecule has 0 bridgehead atoms. The van der Waals surface area contributed by atoms with Crippen LogP contribution in [0.1, 0.15) is 29.4 Å². The summed E-state index contributed by atoms with van der Waals surface area (Å²) in [6.45, 7) is 3.43. The monoisotopic (exact) mass is 462 g/mol. The van der Waals surface area contributed by atoms with Crippen molar-refractivity contribution in [2.75, 3.05) is 31.6 Å². The maximum Gasteiger partial charge on any atom is 0.269 e. The topological polar surface area (TPSA) is 138 Å². The normalized spacial score (nSPS) is 16.2. The van der Waals surface area contributed by atoms with E-state index in [2.05, 4.69) is 21.9 Å². The molecule has 2 amide bonds. The molecule has 2 aromatic heterocycles. The summed E-state index contributed by atoms with van der Waals surface area (Å²) in [6, 6.07) is 8.87. The number of carbonyl (C=O) groups is 2. The lowest BCUT2D eigenvalue weighted by Gasteiger charge is -2.16. The predicted octanol–water partition coefficient (Wildman–Crippen LogP) is 0.281. The third-order valence-electron chi connectivity index (χ3n) is 5.80. The smallest absolute Gasteiger partial charge is 0.269 e. The van der Waals surface area contributed by atoms with Gasteiger partial charge in [0.2, 0.25) is 0 Å². The number of pyridine rings is 1. The van der Waals surface area contributed by atoms with Crippen LogP contribution in [0.25, 0.3) is 16.6 Å². The zero-order chi connectivity index (χ0) is 24.4. The lowest BCUT2D eigenvalue weighted by molar-refractivity contribution is -0.135. The molecule has 0 spiro atoms. The molecular weight excluding hydrogens is 436 g/mol. The van der Waals surface area contributed by atoms with E-state index in [1.54, 1.807) is 42.2 Å². The van der Waals surface area contributed by atoms with Crippen molar-refractivity contribution in [1.82, 2.24) is 19.7 Å². The van der Waals surface area contributed by atoms with Gasteiger partial charge in [-0.05, 0) is 31.5 Å². The van der Waals surface area contributed by atoms with Gasteiger partial charge in [-0.1, -0.05) is 17.9 Å². The number of hydrogen-bond acceptors (Lipinski definition) is 7. The molecular formula is C24H26N6O4. The van der Waals surface area contributed by atoms with Crippen molar-refractivity contribution in [3.63, 3.8) is 0 Å². The molecule has 4 rings (SSSR count). The fourth-order valence-corrected chi connectivity index (χ4v) is 3.79.